The molecule has 2 aromatic carbocycles. The Kier molecular flexibility index (Phi) is 14.3. The predicted octanol–water partition coefficient (Wildman–Crippen LogP) is 4.37. The molecule has 0 spiro atoms. The van der Waals surface area contributed by atoms with E-state index in [4.69, 9.17) is 68.1 Å². The molecule has 0 aliphatic carbocycles. The minimum atomic E-state index is -1.99. The first-order chi connectivity index (χ1) is 22.2. The molecule has 0 bridgehead atoms. The van der Waals surface area contributed by atoms with E-state index in [0.717, 1.165) is 20.8 Å². The van der Waals surface area contributed by atoms with Crippen LogP contribution in [0.5, 0.6) is 0 Å². The number of ether oxygens (including phenoxy) is 6. The predicted molar refractivity (Wildman–Crippen MR) is 165 cm³/mol. The zero-order valence-electron chi connectivity index (χ0n) is 25.5. The topological polar surface area (TPSA) is 165 Å². The van der Waals surface area contributed by atoms with Gasteiger partial charge in [-0.1, -0.05) is 95.5 Å². The Morgan fingerprint density at radius 2 is 1.32 bits per heavy atom. The number of benzene rings is 2. The summed E-state index contributed by atoms with van der Waals surface area (Å²) in [5.74, 6) is -2.42. The lowest BCUT2D eigenvalue weighted by Crippen LogP contribution is -2.70. The number of halogens is 3. The van der Waals surface area contributed by atoms with E-state index in [1.807, 2.05) is 0 Å². The number of alkyl halides is 3. The van der Waals surface area contributed by atoms with E-state index in [0.29, 0.717) is 16.2 Å². The molecule has 1 saturated heterocycles. The van der Waals surface area contributed by atoms with Crippen LogP contribution in [0.1, 0.15) is 31.9 Å². The van der Waals surface area contributed by atoms with Crippen molar-refractivity contribution in [2.24, 2.45) is 0 Å². The lowest BCUT2D eigenvalue weighted by molar-refractivity contribution is -0.302. The summed E-state index contributed by atoms with van der Waals surface area (Å²) in [6, 6.07) is 15.9. The van der Waals surface area contributed by atoms with E-state index in [1.54, 1.807) is 60.7 Å². The molecule has 2 amide bonds. The van der Waals surface area contributed by atoms with E-state index in [1.165, 1.54) is 0 Å². The maximum Gasteiger partial charge on any atom is 0.436 e. The van der Waals surface area contributed by atoms with Gasteiger partial charge in [0.05, 0.1) is 0 Å². The first kappa shape index (κ1) is 37.6. The zero-order valence-corrected chi connectivity index (χ0v) is 27.7. The molecule has 5 atom stereocenters. The number of rotatable bonds is 12. The van der Waals surface area contributed by atoms with Gasteiger partial charge in [-0.3, -0.25) is 19.2 Å². The molecule has 2 aromatic rings. The van der Waals surface area contributed by atoms with E-state index in [9.17, 15) is 24.0 Å². The van der Waals surface area contributed by atoms with Crippen LogP contribution < -0.4 is 5.32 Å². The highest BCUT2D eigenvalue weighted by atomic mass is 35.6. The molecular weight excluding hydrogens is 687 g/mol. The Morgan fingerprint density at radius 1 is 0.766 bits per heavy atom. The molecule has 1 heterocycles. The van der Waals surface area contributed by atoms with Crippen LogP contribution >= 0.6 is 34.8 Å². The van der Waals surface area contributed by atoms with E-state index in [-0.39, 0.29) is 13.2 Å². The third kappa shape index (κ3) is 12.7. The van der Waals surface area contributed by atoms with Crippen molar-refractivity contribution in [3.63, 3.8) is 0 Å². The van der Waals surface area contributed by atoms with Gasteiger partial charge in [-0.15, -0.1) is 0 Å². The third-order valence-electron chi connectivity index (χ3n) is 6.20. The van der Waals surface area contributed by atoms with Crippen molar-refractivity contribution in [3.8, 4) is 0 Å². The summed E-state index contributed by atoms with van der Waals surface area (Å²) in [7, 11) is 0. The zero-order chi connectivity index (χ0) is 34.6. The summed E-state index contributed by atoms with van der Waals surface area (Å²) in [6.45, 7) is 1.65. The molecule has 1 fully saturated rings. The Morgan fingerprint density at radius 3 is 1.85 bits per heavy atom. The number of carbonyl (C=O) groups excluding carboxylic acids is 5. The first-order valence-corrected chi connectivity index (χ1v) is 15.2. The monoisotopic (exact) mass is 718 g/mol. The molecule has 3 rings (SSSR count). The molecule has 0 aromatic heterocycles. The normalized spacial score (nSPS) is 20.7. The van der Waals surface area contributed by atoms with Gasteiger partial charge in [0.2, 0.25) is 3.79 Å². The minimum Gasteiger partial charge on any atom is -0.463 e. The summed E-state index contributed by atoms with van der Waals surface area (Å²) in [5.41, 5.74) is 1.26. The Balaban J connectivity index is 2.08. The summed E-state index contributed by atoms with van der Waals surface area (Å²) >= 11 is 17.2. The fourth-order valence-electron chi connectivity index (χ4n) is 4.33. The van der Waals surface area contributed by atoms with Crippen molar-refractivity contribution in [2.75, 3.05) is 13.2 Å². The lowest BCUT2D eigenvalue weighted by Gasteiger charge is -2.47. The molecule has 0 saturated carbocycles. The number of nitrogens with zero attached hydrogens (tertiary/aromatic N) is 1. The van der Waals surface area contributed by atoms with E-state index >= 15 is 0 Å². The number of esters is 3. The molecule has 17 heteroatoms. The molecule has 14 nitrogen and oxygen atoms in total. The smallest absolute Gasteiger partial charge is 0.436 e. The molecule has 0 unspecified atom stereocenters. The molecule has 47 heavy (non-hydrogen) atoms. The number of carbonyl (C=O) groups is 5. The third-order valence-corrected chi connectivity index (χ3v) is 6.53. The fraction of sp³-hybridized carbons (Fsp3) is 0.433. The first-order valence-electron chi connectivity index (χ1n) is 14.0. The van der Waals surface area contributed by atoms with Gasteiger partial charge in [-0.05, 0) is 11.1 Å². The van der Waals surface area contributed by atoms with Crippen LogP contribution in [0, 0.1) is 0 Å². The van der Waals surface area contributed by atoms with Gasteiger partial charge < -0.3 is 33.7 Å². The van der Waals surface area contributed by atoms with E-state index in [2.05, 4.69) is 5.32 Å². The van der Waals surface area contributed by atoms with Crippen molar-refractivity contribution >= 4 is 64.9 Å². The highest BCUT2D eigenvalue weighted by Crippen LogP contribution is 2.31. The standard InChI is InChI=1S/C30H33Cl3N2O12/c1-18(36)41-16-23-25(45-19(2)37)26(46-20(3)38)24(34-28(39)43-17-30(31,32)33)27(47-23)35(44-15-22-12-8-5-9-13-22)29(40)42-14-21-10-6-4-7-11-21/h4-13,23-27H,14-17H2,1-3H3,(H,34,39)/t23-,24-,25-,26-,27-/m1/s1. The maximum absolute atomic E-state index is 13.7. The number of hydroxylamine groups is 2. The summed E-state index contributed by atoms with van der Waals surface area (Å²) in [4.78, 5) is 68.9. The van der Waals surface area contributed by atoms with Crippen LogP contribution in [-0.2, 0) is 60.9 Å². The molecule has 1 aliphatic rings. The highest BCUT2D eigenvalue weighted by molar-refractivity contribution is 6.67. The molecule has 1 aliphatic heterocycles. The Labute approximate surface area is 285 Å². The number of hydrogen-bond donors (Lipinski definition) is 1. The van der Waals surface area contributed by atoms with Gasteiger partial charge in [0.1, 0.15) is 38.6 Å². The van der Waals surface area contributed by atoms with Crippen molar-refractivity contribution in [1.82, 2.24) is 10.4 Å². The maximum atomic E-state index is 13.7. The number of hydrogen-bond acceptors (Lipinski definition) is 12. The van der Waals surface area contributed by atoms with Crippen molar-refractivity contribution in [2.45, 2.75) is 68.4 Å². The average Bonchev–Trinajstić information content (AvgIpc) is 3.01. The second-order valence-corrected chi connectivity index (χ2v) is 12.5. The van der Waals surface area contributed by atoms with Gasteiger partial charge in [0, 0.05) is 20.8 Å². The highest BCUT2D eigenvalue weighted by Gasteiger charge is 2.54. The quantitative estimate of drug-likeness (QED) is 0.143. The van der Waals surface area contributed by atoms with Crippen LogP contribution in [0.4, 0.5) is 9.59 Å². The Bertz CT molecular complexity index is 1360. The van der Waals surface area contributed by atoms with Gasteiger partial charge in [0.15, 0.2) is 18.4 Å². The van der Waals surface area contributed by atoms with Gasteiger partial charge in [-0.2, -0.15) is 5.06 Å². The minimum absolute atomic E-state index is 0.193. The summed E-state index contributed by atoms with van der Waals surface area (Å²) in [6.07, 6.45) is -8.42. The molecule has 1 N–H and O–H groups in total. The molecule has 256 valence electrons. The largest absolute Gasteiger partial charge is 0.463 e. The van der Waals surface area contributed by atoms with Crippen molar-refractivity contribution in [1.29, 1.82) is 0 Å². The lowest BCUT2D eigenvalue weighted by atomic mass is 9.95. The van der Waals surface area contributed by atoms with Crippen LogP contribution in [-0.4, -0.2) is 82.7 Å². The van der Waals surface area contributed by atoms with Gasteiger partial charge in [-0.25, -0.2) is 9.59 Å². The summed E-state index contributed by atoms with van der Waals surface area (Å²) in [5, 5.41) is 3.10. The van der Waals surface area contributed by atoms with Crippen LogP contribution in [0.15, 0.2) is 60.7 Å². The SMILES string of the molecule is CC(=O)OC[C@H]1O[C@@H](N(OCc2ccccc2)C(=O)OCc2ccccc2)[C@H](NC(=O)OCC(Cl)(Cl)Cl)[C@@H](OC(C)=O)[C@@H]1OC(C)=O. The van der Waals surface area contributed by atoms with Gasteiger partial charge in [0.25, 0.3) is 0 Å². The van der Waals surface area contributed by atoms with Crippen molar-refractivity contribution in [3.05, 3.63) is 71.8 Å². The fourth-order valence-corrected chi connectivity index (χ4v) is 4.49. The number of amides is 2. The van der Waals surface area contributed by atoms with Crippen LogP contribution in [0.3, 0.4) is 0 Å². The Hall–Kier alpha value is -3.82. The second kappa shape index (κ2) is 17.9. The van der Waals surface area contributed by atoms with Gasteiger partial charge >= 0.3 is 30.1 Å². The molecular formula is C30H33Cl3N2O12. The number of nitrogens with one attached hydrogen (secondary N) is 1. The molecule has 0 radical (unpaired) electrons. The second-order valence-electron chi connectivity index (χ2n) is 10.0. The van der Waals surface area contributed by atoms with E-state index < -0.39 is 77.7 Å². The van der Waals surface area contributed by atoms with Crippen LogP contribution in [0.25, 0.3) is 0 Å². The van der Waals surface area contributed by atoms with Crippen LogP contribution in [0.2, 0.25) is 0 Å². The number of alkyl carbamates (subject to hydrolysis) is 1. The average molecular weight is 720 g/mol. The van der Waals surface area contributed by atoms with Crippen molar-refractivity contribution < 1.29 is 57.2 Å². The summed E-state index contributed by atoms with van der Waals surface area (Å²) < 4.78 is 30.8.